The van der Waals surface area contributed by atoms with Gasteiger partial charge in [-0.3, -0.25) is 4.79 Å². The highest BCUT2D eigenvalue weighted by Gasteiger charge is 2.23. The van der Waals surface area contributed by atoms with Gasteiger partial charge in [0, 0.05) is 36.6 Å². The highest BCUT2D eigenvalue weighted by Crippen LogP contribution is 2.30. The van der Waals surface area contributed by atoms with Crippen LogP contribution in [0, 0.1) is 19.8 Å². The number of aromatic nitrogens is 3. The molecule has 0 radical (unpaired) electrons. The Bertz CT molecular complexity index is 701. The largest absolute Gasteiger partial charge is 0.359 e. The third kappa shape index (κ3) is 2.96. The van der Waals surface area contributed by atoms with Crippen LogP contribution in [0.3, 0.4) is 0 Å². The smallest absolute Gasteiger partial charge is 0.254 e. The molecule has 1 saturated carbocycles. The van der Waals surface area contributed by atoms with Gasteiger partial charge < -0.3 is 9.88 Å². The predicted molar refractivity (Wildman–Crippen MR) is 83.6 cm³/mol. The molecule has 5 heteroatoms. The summed E-state index contributed by atoms with van der Waals surface area (Å²) < 4.78 is 0. The lowest BCUT2D eigenvalue weighted by atomic mass is 10.2. The zero-order valence-electron chi connectivity index (χ0n) is 12.7. The molecular formula is C16H20N4O. The van der Waals surface area contributed by atoms with Crippen LogP contribution in [-0.4, -0.2) is 28.5 Å². The molecule has 2 heterocycles. The number of hydrogen-bond donors (Lipinski definition) is 1. The second-order valence-electron chi connectivity index (χ2n) is 5.85. The van der Waals surface area contributed by atoms with Crippen LogP contribution in [0.1, 0.15) is 24.1 Å². The van der Waals surface area contributed by atoms with Crippen LogP contribution in [0.4, 0.5) is 5.82 Å². The maximum atomic E-state index is 11.8. The minimum atomic E-state index is -0.0903. The molecule has 2 aromatic heterocycles. The SMILES string of the molecule is Cc1nc(-c2ccc(N(C)CC3CC3)nc2)[nH]c(=O)c1C. The highest BCUT2D eigenvalue weighted by atomic mass is 16.1. The van der Waals surface area contributed by atoms with E-state index in [-0.39, 0.29) is 5.56 Å². The van der Waals surface area contributed by atoms with Gasteiger partial charge in [0.15, 0.2) is 0 Å². The van der Waals surface area contributed by atoms with E-state index in [1.54, 1.807) is 13.1 Å². The van der Waals surface area contributed by atoms with E-state index in [2.05, 4.69) is 26.9 Å². The van der Waals surface area contributed by atoms with Crippen LogP contribution >= 0.6 is 0 Å². The molecule has 0 atom stereocenters. The minimum Gasteiger partial charge on any atom is -0.359 e. The molecule has 1 aliphatic carbocycles. The van der Waals surface area contributed by atoms with E-state index in [9.17, 15) is 4.79 Å². The highest BCUT2D eigenvalue weighted by molar-refractivity contribution is 5.56. The number of anilines is 1. The quantitative estimate of drug-likeness (QED) is 0.935. The van der Waals surface area contributed by atoms with Gasteiger partial charge in [0.05, 0.1) is 0 Å². The van der Waals surface area contributed by atoms with Crippen molar-refractivity contribution in [2.24, 2.45) is 5.92 Å². The van der Waals surface area contributed by atoms with Gasteiger partial charge in [-0.1, -0.05) is 0 Å². The Kier molecular flexibility index (Phi) is 3.49. The Hall–Kier alpha value is -2.17. The number of aromatic amines is 1. The van der Waals surface area contributed by atoms with E-state index in [1.165, 1.54) is 12.8 Å². The number of nitrogens with one attached hydrogen (secondary N) is 1. The number of hydrogen-bond acceptors (Lipinski definition) is 4. The Morgan fingerprint density at radius 3 is 2.67 bits per heavy atom. The van der Waals surface area contributed by atoms with Gasteiger partial charge in [-0.25, -0.2) is 9.97 Å². The zero-order valence-corrected chi connectivity index (χ0v) is 12.7. The van der Waals surface area contributed by atoms with E-state index >= 15 is 0 Å². The van der Waals surface area contributed by atoms with Gasteiger partial charge in [0.25, 0.3) is 5.56 Å². The summed E-state index contributed by atoms with van der Waals surface area (Å²) in [4.78, 5) is 25.7. The van der Waals surface area contributed by atoms with Crippen molar-refractivity contribution in [3.05, 3.63) is 39.9 Å². The van der Waals surface area contributed by atoms with Crippen LogP contribution in [0.15, 0.2) is 23.1 Å². The lowest BCUT2D eigenvalue weighted by Gasteiger charge is -2.17. The van der Waals surface area contributed by atoms with Crippen LogP contribution < -0.4 is 10.5 Å². The maximum Gasteiger partial charge on any atom is 0.254 e. The van der Waals surface area contributed by atoms with E-state index in [4.69, 9.17) is 0 Å². The summed E-state index contributed by atoms with van der Waals surface area (Å²) in [6.45, 7) is 4.68. The van der Waals surface area contributed by atoms with Crippen LogP contribution in [0.2, 0.25) is 0 Å². The monoisotopic (exact) mass is 284 g/mol. The van der Waals surface area contributed by atoms with E-state index in [0.717, 1.165) is 29.5 Å². The summed E-state index contributed by atoms with van der Waals surface area (Å²) in [5.41, 5.74) is 2.15. The van der Waals surface area contributed by atoms with Crippen molar-refractivity contribution in [3.63, 3.8) is 0 Å². The van der Waals surface area contributed by atoms with Crippen LogP contribution in [-0.2, 0) is 0 Å². The Labute approximate surface area is 124 Å². The molecule has 0 amide bonds. The fraction of sp³-hybridized carbons (Fsp3) is 0.438. The molecule has 1 aliphatic rings. The molecule has 1 N–H and O–H groups in total. The molecule has 3 rings (SSSR count). The summed E-state index contributed by atoms with van der Waals surface area (Å²) in [6.07, 6.45) is 4.43. The number of aryl methyl sites for hydroxylation is 1. The van der Waals surface area contributed by atoms with Crippen molar-refractivity contribution in [3.8, 4) is 11.4 Å². The first kappa shape index (κ1) is 13.8. The normalized spacial score (nSPS) is 14.2. The van der Waals surface area contributed by atoms with E-state index in [1.807, 2.05) is 19.1 Å². The van der Waals surface area contributed by atoms with Gasteiger partial charge in [0.1, 0.15) is 11.6 Å². The Morgan fingerprint density at radius 1 is 1.33 bits per heavy atom. The average Bonchev–Trinajstić information content (AvgIpc) is 3.28. The first-order valence-corrected chi connectivity index (χ1v) is 7.29. The molecule has 5 nitrogen and oxygen atoms in total. The summed E-state index contributed by atoms with van der Waals surface area (Å²) in [6, 6.07) is 3.94. The second kappa shape index (κ2) is 5.31. The third-order valence-electron chi connectivity index (χ3n) is 4.04. The van der Waals surface area contributed by atoms with Crippen molar-refractivity contribution in [2.45, 2.75) is 26.7 Å². The van der Waals surface area contributed by atoms with Gasteiger partial charge in [-0.2, -0.15) is 0 Å². The van der Waals surface area contributed by atoms with E-state index in [0.29, 0.717) is 11.4 Å². The maximum absolute atomic E-state index is 11.8. The lowest BCUT2D eigenvalue weighted by molar-refractivity contribution is 0.777. The summed E-state index contributed by atoms with van der Waals surface area (Å²) in [7, 11) is 2.07. The van der Waals surface area contributed by atoms with Gasteiger partial charge in [-0.05, 0) is 44.7 Å². The number of nitrogens with zero attached hydrogens (tertiary/aromatic N) is 3. The van der Waals surface area contributed by atoms with Crippen molar-refractivity contribution in [2.75, 3.05) is 18.5 Å². The summed E-state index contributed by atoms with van der Waals surface area (Å²) >= 11 is 0. The molecule has 110 valence electrons. The second-order valence-corrected chi connectivity index (χ2v) is 5.85. The number of pyridine rings is 1. The molecule has 1 fully saturated rings. The fourth-order valence-electron chi connectivity index (χ4n) is 2.32. The molecule has 0 spiro atoms. The van der Waals surface area contributed by atoms with Crippen molar-refractivity contribution in [1.29, 1.82) is 0 Å². The average molecular weight is 284 g/mol. The first-order valence-electron chi connectivity index (χ1n) is 7.29. The van der Waals surface area contributed by atoms with Crippen molar-refractivity contribution in [1.82, 2.24) is 15.0 Å². The standard InChI is InChI=1S/C16H20N4O/c1-10-11(2)18-15(19-16(10)21)13-6-7-14(17-8-13)20(3)9-12-4-5-12/h6-8,12H,4-5,9H2,1-3H3,(H,18,19,21). The molecule has 0 aliphatic heterocycles. The van der Waals surface area contributed by atoms with Gasteiger partial charge in [0.2, 0.25) is 0 Å². The summed E-state index contributed by atoms with van der Waals surface area (Å²) in [5, 5.41) is 0. The number of H-pyrrole nitrogens is 1. The minimum absolute atomic E-state index is 0.0903. The predicted octanol–water partition coefficient (Wildman–Crippen LogP) is 2.29. The van der Waals surface area contributed by atoms with Crippen LogP contribution in [0.25, 0.3) is 11.4 Å². The van der Waals surface area contributed by atoms with Crippen molar-refractivity contribution >= 4 is 5.82 Å². The van der Waals surface area contributed by atoms with E-state index < -0.39 is 0 Å². The molecule has 0 unspecified atom stereocenters. The Morgan fingerprint density at radius 2 is 2.10 bits per heavy atom. The topological polar surface area (TPSA) is 61.9 Å². The van der Waals surface area contributed by atoms with Crippen molar-refractivity contribution < 1.29 is 0 Å². The first-order chi connectivity index (χ1) is 10.0. The van der Waals surface area contributed by atoms with Crippen LogP contribution in [0.5, 0.6) is 0 Å². The van der Waals surface area contributed by atoms with Gasteiger partial charge in [-0.15, -0.1) is 0 Å². The lowest BCUT2D eigenvalue weighted by Crippen LogP contribution is -2.21. The fourth-order valence-corrected chi connectivity index (χ4v) is 2.32. The Balaban J connectivity index is 1.84. The molecule has 0 saturated heterocycles. The van der Waals surface area contributed by atoms with Gasteiger partial charge >= 0.3 is 0 Å². The molecule has 2 aromatic rings. The number of rotatable bonds is 4. The molecular weight excluding hydrogens is 264 g/mol. The molecule has 21 heavy (non-hydrogen) atoms. The molecule has 0 bridgehead atoms. The summed E-state index contributed by atoms with van der Waals surface area (Å²) in [5.74, 6) is 2.36. The third-order valence-corrected chi connectivity index (χ3v) is 4.04. The zero-order chi connectivity index (χ0) is 15.0. The molecule has 0 aromatic carbocycles.